The van der Waals surface area contributed by atoms with Gasteiger partial charge in [-0.3, -0.25) is 10.2 Å². The number of fused-ring (bicyclic) bond motifs is 1. The van der Waals surface area contributed by atoms with Gasteiger partial charge in [-0.25, -0.2) is 13.2 Å². The number of nitrogens with zero attached hydrogens (tertiary/aromatic N) is 1. The van der Waals surface area contributed by atoms with Crippen LogP contribution in [0, 0.1) is 34.7 Å². The molecule has 1 aliphatic carbocycles. The monoisotopic (exact) mass is 539 g/mol. The number of halogens is 3. The summed E-state index contributed by atoms with van der Waals surface area (Å²) >= 11 is 0. The Kier molecular flexibility index (Phi) is 8.26. The van der Waals surface area contributed by atoms with Crippen LogP contribution in [0.25, 0.3) is 6.08 Å². The summed E-state index contributed by atoms with van der Waals surface area (Å²) in [6, 6.07) is 10.2. The number of likely N-dealkylation sites (tertiary alicyclic amines) is 1. The van der Waals surface area contributed by atoms with Crippen molar-refractivity contribution in [2.45, 2.75) is 56.5 Å². The average molecular weight is 540 g/mol. The van der Waals surface area contributed by atoms with Crippen molar-refractivity contribution in [1.82, 2.24) is 10.2 Å². The maximum Gasteiger partial charge on any atom is 0.234 e. The van der Waals surface area contributed by atoms with Crippen LogP contribution in [-0.4, -0.2) is 48.4 Å². The first-order chi connectivity index (χ1) is 18.8. The third-order valence-corrected chi connectivity index (χ3v) is 8.73. The predicted octanol–water partition coefficient (Wildman–Crippen LogP) is 5.02. The maximum atomic E-state index is 13.5. The fourth-order valence-corrected chi connectivity index (χ4v) is 6.55. The molecule has 5 rings (SSSR count). The van der Waals surface area contributed by atoms with Gasteiger partial charge < -0.3 is 21.3 Å². The van der Waals surface area contributed by atoms with Gasteiger partial charge in [0.1, 0.15) is 5.84 Å². The summed E-state index contributed by atoms with van der Waals surface area (Å²) in [6.07, 6.45) is 8.53. The van der Waals surface area contributed by atoms with E-state index in [1.807, 2.05) is 4.90 Å². The molecule has 0 bridgehead atoms. The zero-order valence-electron chi connectivity index (χ0n) is 21.9. The number of benzene rings is 2. The molecule has 2 unspecified atom stereocenters. The van der Waals surface area contributed by atoms with E-state index in [0.29, 0.717) is 37.8 Å². The number of nitrogens with two attached hydrogens (primary N) is 1. The third-order valence-electron chi connectivity index (χ3n) is 8.73. The minimum atomic E-state index is -1.51. The van der Waals surface area contributed by atoms with Crippen LogP contribution in [0.2, 0.25) is 0 Å². The molecule has 2 aromatic rings. The van der Waals surface area contributed by atoms with E-state index in [1.54, 1.807) is 0 Å². The van der Waals surface area contributed by atoms with Crippen LogP contribution in [-0.2, 0) is 4.79 Å². The lowest BCUT2D eigenvalue weighted by atomic mass is 9.76. The molecule has 5 N–H and O–H groups in total. The minimum Gasteiger partial charge on any atom is -0.384 e. The Morgan fingerprint density at radius 3 is 2.38 bits per heavy atom. The molecule has 1 saturated heterocycles. The van der Waals surface area contributed by atoms with Crippen LogP contribution in [0.4, 0.5) is 18.9 Å². The second kappa shape index (κ2) is 11.8. The van der Waals surface area contributed by atoms with Gasteiger partial charge in [0.05, 0.1) is 6.04 Å². The number of anilines is 1. The number of carbonyl (C=O) groups is 1. The molecule has 9 heteroatoms. The topological polar surface area (TPSA) is 94.2 Å². The van der Waals surface area contributed by atoms with Crippen molar-refractivity contribution >= 4 is 23.5 Å². The first-order valence-corrected chi connectivity index (χ1v) is 13.8. The van der Waals surface area contributed by atoms with E-state index in [2.05, 4.69) is 34.9 Å². The predicted molar refractivity (Wildman–Crippen MR) is 147 cm³/mol. The highest BCUT2D eigenvalue weighted by molar-refractivity contribution is 5.94. The van der Waals surface area contributed by atoms with Gasteiger partial charge in [-0.2, -0.15) is 0 Å². The molecule has 1 saturated carbocycles. The fourth-order valence-electron chi connectivity index (χ4n) is 6.55. The number of piperidine rings is 1. The highest BCUT2D eigenvalue weighted by Gasteiger charge is 2.36. The Labute approximate surface area is 227 Å². The number of carbonyl (C=O) groups excluding carboxylic acids is 1. The largest absolute Gasteiger partial charge is 0.384 e. The first kappa shape index (κ1) is 27.2. The Morgan fingerprint density at radius 2 is 1.72 bits per heavy atom. The summed E-state index contributed by atoms with van der Waals surface area (Å²) in [4.78, 5) is 14.3. The van der Waals surface area contributed by atoms with Crippen LogP contribution < -0.4 is 16.4 Å². The van der Waals surface area contributed by atoms with Crippen LogP contribution in [0.1, 0.15) is 55.6 Å². The molecular formula is C30H36F3N5O. The molecule has 208 valence electrons. The Bertz CT molecular complexity index is 1210. The van der Waals surface area contributed by atoms with Crippen molar-refractivity contribution in [3.8, 4) is 0 Å². The number of rotatable bonds is 7. The number of hydrogen-bond donors (Lipinski definition) is 4. The SMILES string of the molecule is N=C(/C=C/c1cc(F)c(F)c(F)c1)N1CCC(C(NC2CCC(C3CNc4ccccc43)CC2)C(N)=O)CC1. The summed E-state index contributed by atoms with van der Waals surface area (Å²) in [5.41, 5.74) is 8.67. The third kappa shape index (κ3) is 6.13. The molecule has 2 heterocycles. The number of para-hydroxylation sites is 1. The Hall–Kier alpha value is -3.33. The summed E-state index contributed by atoms with van der Waals surface area (Å²) in [5.74, 6) is -2.90. The van der Waals surface area contributed by atoms with Gasteiger partial charge >= 0.3 is 0 Å². The van der Waals surface area contributed by atoms with Gasteiger partial charge in [0.2, 0.25) is 5.91 Å². The van der Waals surface area contributed by atoms with Gasteiger partial charge in [0.15, 0.2) is 17.5 Å². The molecule has 2 fully saturated rings. The molecule has 39 heavy (non-hydrogen) atoms. The molecule has 0 radical (unpaired) electrons. The highest BCUT2D eigenvalue weighted by atomic mass is 19.2. The second-order valence-corrected chi connectivity index (χ2v) is 11.1. The summed E-state index contributed by atoms with van der Waals surface area (Å²) in [5, 5.41) is 15.5. The average Bonchev–Trinajstić information content (AvgIpc) is 3.38. The summed E-state index contributed by atoms with van der Waals surface area (Å²) in [6.45, 7) is 2.14. The van der Waals surface area contributed by atoms with Gasteiger partial charge in [-0.15, -0.1) is 0 Å². The van der Waals surface area contributed by atoms with E-state index >= 15 is 0 Å². The lowest BCUT2D eigenvalue weighted by Crippen LogP contribution is -2.54. The molecule has 3 aliphatic rings. The smallest absolute Gasteiger partial charge is 0.234 e. The van der Waals surface area contributed by atoms with E-state index in [-0.39, 0.29) is 29.3 Å². The lowest BCUT2D eigenvalue weighted by Gasteiger charge is -2.39. The van der Waals surface area contributed by atoms with E-state index in [0.717, 1.165) is 44.4 Å². The summed E-state index contributed by atoms with van der Waals surface area (Å²) < 4.78 is 40.1. The van der Waals surface area contributed by atoms with E-state index < -0.39 is 23.5 Å². The van der Waals surface area contributed by atoms with Crippen molar-refractivity contribution < 1.29 is 18.0 Å². The van der Waals surface area contributed by atoms with Crippen molar-refractivity contribution in [2.24, 2.45) is 17.6 Å². The molecular weight excluding hydrogens is 503 g/mol. The summed E-state index contributed by atoms with van der Waals surface area (Å²) in [7, 11) is 0. The number of hydrogen-bond acceptors (Lipinski definition) is 4. The quantitative estimate of drug-likeness (QED) is 0.226. The second-order valence-electron chi connectivity index (χ2n) is 11.1. The fraction of sp³-hybridized carbons (Fsp3) is 0.467. The number of amides is 1. The van der Waals surface area contributed by atoms with E-state index in [9.17, 15) is 18.0 Å². The van der Waals surface area contributed by atoms with Crippen LogP contribution in [0.15, 0.2) is 42.5 Å². The Balaban J connectivity index is 1.11. The Morgan fingerprint density at radius 1 is 1.05 bits per heavy atom. The molecule has 2 atom stereocenters. The molecule has 0 aromatic heterocycles. The first-order valence-electron chi connectivity index (χ1n) is 13.8. The van der Waals surface area contributed by atoms with Gasteiger partial charge in [-0.1, -0.05) is 24.3 Å². The molecule has 2 aromatic carbocycles. The van der Waals surface area contributed by atoms with Crippen molar-refractivity contribution in [3.05, 3.63) is 71.1 Å². The molecule has 2 aliphatic heterocycles. The van der Waals surface area contributed by atoms with Crippen LogP contribution in [0.3, 0.4) is 0 Å². The van der Waals surface area contributed by atoms with Crippen molar-refractivity contribution in [3.63, 3.8) is 0 Å². The number of primary amides is 1. The number of nitrogens with one attached hydrogen (secondary N) is 3. The maximum absolute atomic E-state index is 13.5. The van der Waals surface area contributed by atoms with Crippen LogP contribution in [0.5, 0.6) is 0 Å². The number of amidine groups is 1. The highest BCUT2D eigenvalue weighted by Crippen LogP contribution is 2.42. The lowest BCUT2D eigenvalue weighted by molar-refractivity contribution is -0.122. The normalized spacial score (nSPS) is 24.4. The zero-order chi connectivity index (χ0) is 27.5. The van der Waals surface area contributed by atoms with Gasteiger partial charge in [-0.05, 0) is 85.8 Å². The van der Waals surface area contributed by atoms with Gasteiger partial charge in [0.25, 0.3) is 0 Å². The van der Waals surface area contributed by atoms with E-state index in [4.69, 9.17) is 11.1 Å². The van der Waals surface area contributed by atoms with Crippen molar-refractivity contribution in [2.75, 3.05) is 25.0 Å². The zero-order valence-corrected chi connectivity index (χ0v) is 21.9. The minimum absolute atomic E-state index is 0.0828. The standard InChI is InChI=1S/C30H36F3N5O/c31-24-15-18(16-25(32)28(24)33)5-10-27(34)38-13-11-20(12-14-38)29(30(35)39)37-21-8-6-19(7-9-21)23-17-36-26-4-2-1-3-22(23)26/h1-5,10,15-16,19-21,23,29,34,36-37H,6-9,11-14,17H2,(H2,35,39)/b10-5+,34-27?. The molecule has 6 nitrogen and oxygen atoms in total. The van der Waals surface area contributed by atoms with E-state index in [1.165, 1.54) is 23.4 Å². The van der Waals surface area contributed by atoms with Crippen molar-refractivity contribution in [1.29, 1.82) is 5.41 Å². The van der Waals surface area contributed by atoms with Gasteiger partial charge in [0, 0.05) is 37.3 Å². The molecule has 1 amide bonds. The van der Waals surface area contributed by atoms with Crippen LogP contribution >= 0.6 is 0 Å². The molecule has 0 spiro atoms.